The molecule has 98 valence electrons. The summed E-state index contributed by atoms with van der Waals surface area (Å²) in [7, 11) is 0. The predicted molar refractivity (Wildman–Crippen MR) is 76.3 cm³/mol. The second-order valence-electron chi connectivity index (χ2n) is 3.60. The summed E-state index contributed by atoms with van der Waals surface area (Å²) in [5.74, 6) is -0.232. The Labute approximate surface area is 119 Å². The SMILES string of the molecule is CC(=O)N(CCN)C(=O)CSc1ccc(Br)cc1. The second kappa shape index (κ2) is 7.56. The van der Waals surface area contributed by atoms with Crippen LogP contribution in [-0.4, -0.2) is 35.6 Å². The van der Waals surface area contributed by atoms with E-state index in [2.05, 4.69) is 15.9 Å². The topological polar surface area (TPSA) is 63.4 Å². The first-order valence-corrected chi connectivity index (χ1v) is 7.22. The van der Waals surface area contributed by atoms with Gasteiger partial charge in [0.05, 0.1) is 5.75 Å². The molecule has 0 radical (unpaired) electrons. The number of amides is 2. The van der Waals surface area contributed by atoms with Gasteiger partial charge in [-0.05, 0) is 24.3 Å². The Morgan fingerprint density at radius 3 is 2.44 bits per heavy atom. The maximum Gasteiger partial charge on any atom is 0.239 e. The molecule has 0 saturated carbocycles. The molecule has 0 heterocycles. The van der Waals surface area contributed by atoms with E-state index in [9.17, 15) is 9.59 Å². The lowest BCUT2D eigenvalue weighted by molar-refractivity contribution is -0.141. The summed E-state index contributed by atoms with van der Waals surface area (Å²) in [6.45, 7) is 1.93. The summed E-state index contributed by atoms with van der Waals surface area (Å²) in [4.78, 5) is 25.3. The third-order valence-electron chi connectivity index (χ3n) is 2.21. The Morgan fingerprint density at radius 1 is 1.33 bits per heavy atom. The van der Waals surface area contributed by atoms with Crippen LogP contribution in [0.5, 0.6) is 0 Å². The van der Waals surface area contributed by atoms with Crippen molar-refractivity contribution in [2.75, 3.05) is 18.8 Å². The number of hydrogen-bond acceptors (Lipinski definition) is 4. The molecule has 1 aromatic rings. The van der Waals surface area contributed by atoms with Gasteiger partial charge in [-0.15, -0.1) is 11.8 Å². The number of nitrogens with two attached hydrogens (primary N) is 1. The van der Waals surface area contributed by atoms with Crippen LogP contribution in [0.2, 0.25) is 0 Å². The van der Waals surface area contributed by atoms with Gasteiger partial charge in [0.25, 0.3) is 0 Å². The molecule has 18 heavy (non-hydrogen) atoms. The van der Waals surface area contributed by atoms with Crippen molar-refractivity contribution in [2.45, 2.75) is 11.8 Å². The maximum absolute atomic E-state index is 11.8. The van der Waals surface area contributed by atoms with Gasteiger partial charge in [0.1, 0.15) is 0 Å². The standard InChI is InChI=1S/C12H15BrN2O2S/c1-9(16)15(7-6-14)12(17)8-18-11-4-2-10(13)3-5-11/h2-5H,6-8,14H2,1H3. The fraction of sp³-hybridized carbons (Fsp3) is 0.333. The van der Waals surface area contributed by atoms with Crippen LogP contribution in [0, 0.1) is 0 Å². The van der Waals surface area contributed by atoms with E-state index < -0.39 is 0 Å². The molecule has 0 aromatic heterocycles. The van der Waals surface area contributed by atoms with Crippen LogP contribution in [0.3, 0.4) is 0 Å². The predicted octanol–water partition coefficient (Wildman–Crippen LogP) is 1.87. The highest BCUT2D eigenvalue weighted by Gasteiger charge is 2.16. The van der Waals surface area contributed by atoms with Crippen molar-refractivity contribution in [1.82, 2.24) is 4.90 Å². The van der Waals surface area contributed by atoms with Crippen molar-refractivity contribution in [3.05, 3.63) is 28.7 Å². The van der Waals surface area contributed by atoms with E-state index in [1.165, 1.54) is 23.6 Å². The van der Waals surface area contributed by atoms with Crippen molar-refractivity contribution >= 4 is 39.5 Å². The van der Waals surface area contributed by atoms with E-state index in [4.69, 9.17) is 5.73 Å². The normalized spacial score (nSPS) is 10.2. The molecule has 0 fully saturated rings. The van der Waals surface area contributed by atoms with Crippen LogP contribution in [-0.2, 0) is 9.59 Å². The highest BCUT2D eigenvalue weighted by molar-refractivity contribution is 9.10. The van der Waals surface area contributed by atoms with Gasteiger partial charge in [0.2, 0.25) is 11.8 Å². The van der Waals surface area contributed by atoms with Crippen LogP contribution in [0.1, 0.15) is 6.92 Å². The number of hydrogen-bond donors (Lipinski definition) is 1. The van der Waals surface area contributed by atoms with E-state index in [-0.39, 0.29) is 30.7 Å². The molecule has 0 saturated heterocycles. The van der Waals surface area contributed by atoms with Crippen LogP contribution in [0.15, 0.2) is 33.6 Å². The largest absolute Gasteiger partial charge is 0.329 e. The Balaban J connectivity index is 2.53. The fourth-order valence-electron chi connectivity index (χ4n) is 1.34. The van der Waals surface area contributed by atoms with E-state index in [1.54, 1.807) is 0 Å². The molecular weight excluding hydrogens is 316 g/mol. The summed E-state index contributed by atoms with van der Waals surface area (Å²) in [6.07, 6.45) is 0. The molecule has 6 heteroatoms. The van der Waals surface area contributed by atoms with Crippen LogP contribution in [0.4, 0.5) is 0 Å². The van der Waals surface area contributed by atoms with E-state index >= 15 is 0 Å². The minimum Gasteiger partial charge on any atom is -0.329 e. The fourth-order valence-corrected chi connectivity index (χ4v) is 2.38. The van der Waals surface area contributed by atoms with Gasteiger partial charge in [0, 0.05) is 29.4 Å². The molecule has 4 nitrogen and oxygen atoms in total. The Bertz CT molecular complexity index is 423. The lowest BCUT2D eigenvalue weighted by atomic mass is 10.4. The molecule has 0 aliphatic rings. The average molecular weight is 331 g/mol. The Hall–Kier alpha value is -0.850. The number of rotatable bonds is 5. The lowest BCUT2D eigenvalue weighted by Gasteiger charge is -2.17. The Kier molecular flexibility index (Phi) is 6.38. The Morgan fingerprint density at radius 2 is 1.94 bits per heavy atom. The minimum atomic E-state index is -0.262. The number of carbonyl (C=O) groups is 2. The molecule has 0 atom stereocenters. The van der Waals surface area contributed by atoms with Gasteiger partial charge < -0.3 is 5.73 Å². The molecule has 0 spiro atoms. The van der Waals surface area contributed by atoms with Crippen LogP contribution in [0.25, 0.3) is 0 Å². The lowest BCUT2D eigenvalue weighted by Crippen LogP contribution is -2.39. The van der Waals surface area contributed by atoms with Crippen LogP contribution < -0.4 is 5.73 Å². The monoisotopic (exact) mass is 330 g/mol. The highest BCUT2D eigenvalue weighted by atomic mass is 79.9. The smallest absolute Gasteiger partial charge is 0.239 e. The molecule has 0 unspecified atom stereocenters. The number of nitrogens with zero attached hydrogens (tertiary/aromatic N) is 1. The zero-order valence-corrected chi connectivity index (χ0v) is 12.5. The molecule has 1 rings (SSSR count). The first-order chi connectivity index (χ1) is 8.54. The third-order valence-corrected chi connectivity index (χ3v) is 3.74. The van der Waals surface area contributed by atoms with Crippen molar-refractivity contribution < 1.29 is 9.59 Å². The van der Waals surface area contributed by atoms with Gasteiger partial charge in [-0.2, -0.15) is 0 Å². The summed E-state index contributed by atoms with van der Waals surface area (Å²) in [5.41, 5.74) is 5.37. The van der Waals surface area contributed by atoms with Gasteiger partial charge in [-0.1, -0.05) is 15.9 Å². The number of thioether (sulfide) groups is 1. The van der Waals surface area contributed by atoms with Crippen LogP contribution >= 0.6 is 27.7 Å². The maximum atomic E-state index is 11.8. The number of benzene rings is 1. The summed E-state index contributed by atoms with van der Waals surface area (Å²) >= 11 is 4.75. The first kappa shape index (κ1) is 15.2. The summed E-state index contributed by atoms with van der Waals surface area (Å²) in [6, 6.07) is 7.66. The zero-order chi connectivity index (χ0) is 13.5. The van der Waals surface area contributed by atoms with Crippen molar-refractivity contribution in [3.63, 3.8) is 0 Å². The molecule has 0 aliphatic heterocycles. The molecule has 0 aliphatic carbocycles. The first-order valence-electron chi connectivity index (χ1n) is 5.44. The summed E-state index contributed by atoms with van der Waals surface area (Å²) in [5, 5.41) is 0. The minimum absolute atomic E-state index is 0.208. The molecule has 1 aromatic carbocycles. The summed E-state index contributed by atoms with van der Waals surface area (Å²) < 4.78 is 0.992. The number of halogens is 1. The average Bonchev–Trinajstić information content (AvgIpc) is 2.34. The van der Waals surface area contributed by atoms with Crippen molar-refractivity contribution in [3.8, 4) is 0 Å². The van der Waals surface area contributed by atoms with E-state index in [0.29, 0.717) is 0 Å². The van der Waals surface area contributed by atoms with Gasteiger partial charge >= 0.3 is 0 Å². The van der Waals surface area contributed by atoms with Crippen molar-refractivity contribution in [2.24, 2.45) is 5.73 Å². The van der Waals surface area contributed by atoms with Gasteiger partial charge in [-0.3, -0.25) is 14.5 Å². The molecule has 2 amide bonds. The highest BCUT2D eigenvalue weighted by Crippen LogP contribution is 2.20. The molecule has 0 bridgehead atoms. The number of carbonyl (C=O) groups excluding carboxylic acids is 2. The van der Waals surface area contributed by atoms with Gasteiger partial charge in [-0.25, -0.2) is 0 Å². The molecular formula is C12H15BrN2O2S. The van der Waals surface area contributed by atoms with E-state index in [0.717, 1.165) is 9.37 Å². The van der Waals surface area contributed by atoms with Gasteiger partial charge in [0.15, 0.2) is 0 Å². The zero-order valence-electron chi connectivity index (χ0n) is 10.1. The quantitative estimate of drug-likeness (QED) is 0.837. The molecule has 2 N–H and O–H groups in total. The van der Waals surface area contributed by atoms with E-state index in [1.807, 2.05) is 24.3 Å². The van der Waals surface area contributed by atoms with Crippen molar-refractivity contribution in [1.29, 1.82) is 0 Å². The third kappa shape index (κ3) is 4.80. The number of imide groups is 1. The second-order valence-corrected chi connectivity index (χ2v) is 5.56.